The molecule has 0 atom stereocenters. The molecule has 0 aliphatic heterocycles. The number of carbonyl (C=O) groups excluding carboxylic acids is 1. The van der Waals surface area contributed by atoms with E-state index in [0.717, 1.165) is 29.9 Å². The van der Waals surface area contributed by atoms with Crippen molar-refractivity contribution in [2.24, 2.45) is 0 Å². The zero-order chi connectivity index (χ0) is 13.8. The van der Waals surface area contributed by atoms with E-state index in [0.29, 0.717) is 6.04 Å². The Hall–Kier alpha value is -2.30. The Balaban J connectivity index is 1.65. The lowest BCUT2D eigenvalue weighted by molar-refractivity contribution is 0.248. The number of nitrogens with one attached hydrogen (secondary N) is 3. The fourth-order valence-corrected chi connectivity index (χ4v) is 2.59. The van der Waals surface area contributed by atoms with E-state index in [1.807, 2.05) is 24.3 Å². The molecule has 0 radical (unpaired) electrons. The van der Waals surface area contributed by atoms with Gasteiger partial charge in [-0.05, 0) is 25.0 Å². The fourth-order valence-electron chi connectivity index (χ4n) is 2.59. The van der Waals surface area contributed by atoms with Gasteiger partial charge >= 0.3 is 6.03 Å². The molecular weight excluding hydrogens is 252 g/mol. The molecule has 20 heavy (non-hydrogen) atoms. The molecule has 5 nitrogen and oxygen atoms in total. The Bertz CT molecular complexity index is 573. The van der Waals surface area contributed by atoms with Gasteiger partial charge in [-0.15, -0.1) is 0 Å². The van der Waals surface area contributed by atoms with Crippen molar-refractivity contribution in [3.8, 4) is 11.4 Å². The average Bonchev–Trinajstić information content (AvgIpc) is 3.11. The Kier molecular flexibility index (Phi) is 3.67. The highest BCUT2D eigenvalue weighted by Gasteiger charge is 2.16. The van der Waals surface area contributed by atoms with Gasteiger partial charge in [0.25, 0.3) is 0 Å². The lowest BCUT2D eigenvalue weighted by atomic mass is 10.2. The molecule has 1 aromatic carbocycles. The molecule has 3 rings (SSSR count). The van der Waals surface area contributed by atoms with Crippen LogP contribution in [-0.4, -0.2) is 22.0 Å². The second-order valence-electron chi connectivity index (χ2n) is 5.10. The number of aromatic nitrogens is 2. The molecule has 0 saturated heterocycles. The number of nitrogens with zero attached hydrogens (tertiary/aromatic N) is 1. The highest BCUT2D eigenvalue weighted by atomic mass is 16.2. The van der Waals surface area contributed by atoms with Gasteiger partial charge in [0.2, 0.25) is 0 Å². The highest BCUT2D eigenvalue weighted by molar-refractivity contribution is 5.90. The van der Waals surface area contributed by atoms with Crippen LogP contribution in [0.1, 0.15) is 25.7 Å². The van der Waals surface area contributed by atoms with Gasteiger partial charge in [0.1, 0.15) is 5.82 Å². The Morgan fingerprint density at radius 2 is 2.15 bits per heavy atom. The maximum Gasteiger partial charge on any atom is 0.319 e. The SMILES string of the molecule is O=C(Nc1cccc(-c2ncc[nH]2)c1)NC1CCCC1. The molecule has 1 aliphatic rings. The fraction of sp³-hybridized carbons (Fsp3) is 0.333. The highest BCUT2D eigenvalue weighted by Crippen LogP contribution is 2.20. The molecule has 104 valence electrons. The van der Waals surface area contributed by atoms with E-state index in [4.69, 9.17) is 0 Å². The smallest absolute Gasteiger partial charge is 0.319 e. The summed E-state index contributed by atoms with van der Waals surface area (Å²) in [7, 11) is 0. The van der Waals surface area contributed by atoms with Crippen LogP contribution in [0.25, 0.3) is 11.4 Å². The summed E-state index contributed by atoms with van der Waals surface area (Å²) in [5.74, 6) is 0.796. The number of hydrogen-bond acceptors (Lipinski definition) is 2. The van der Waals surface area contributed by atoms with Gasteiger partial charge in [0.05, 0.1) is 0 Å². The van der Waals surface area contributed by atoms with Crippen LogP contribution in [0.2, 0.25) is 0 Å². The third-order valence-electron chi connectivity index (χ3n) is 3.58. The van der Waals surface area contributed by atoms with Gasteiger partial charge in [-0.2, -0.15) is 0 Å². The number of imidazole rings is 1. The van der Waals surface area contributed by atoms with E-state index in [9.17, 15) is 4.79 Å². The van der Waals surface area contributed by atoms with Crippen molar-refractivity contribution < 1.29 is 4.79 Å². The van der Waals surface area contributed by atoms with Gasteiger partial charge in [-0.3, -0.25) is 0 Å². The van der Waals surface area contributed by atoms with Crippen LogP contribution in [0.4, 0.5) is 10.5 Å². The summed E-state index contributed by atoms with van der Waals surface area (Å²) in [6.45, 7) is 0. The Labute approximate surface area is 117 Å². The summed E-state index contributed by atoms with van der Waals surface area (Å²) in [6, 6.07) is 7.84. The summed E-state index contributed by atoms with van der Waals surface area (Å²) in [6.07, 6.45) is 8.07. The van der Waals surface area contributed by atoms with Crippen molar-refractivity contribution in [1.82, 2.24) is 15.3 Å². The summed E-state index contributed by atoms with van der Waals surface area (Å²) in [4.78, 5) is 19.2. The molecular formula is C15H18N4O. The van der Waals surface area contributed by atoms with Crippen molar-refractivity contribution >= 4 is 11.7 Å². The number of anilines is 1. The monoisotopic (exact) mass is 270 g/mol. The molecule has 1 fully saturated rings. The van der Waals surface area contributed by atoms with Gasteiger partial charge < -0.3 is 15.6 Å². The quantitative estimate of drug-likeness (QED) is 0.802. The first-order chi connectivity index (χ1) is 9.81. The molecule has 1 heterocycles. The van der Waals surface area contributed by atoms with Crippen LogP contribution in [0.5, 0.6) is 0 Å². The van der Waals surface area contributed by atoms with Crippen molar-refractivity contribution in [1.29, 1.82) is 0 Å². The van der Waals surface area contributed by atoms with Crippen molar-refractivity contribution in [3.63, 3.8) is 0 Å². The van der Waals surface area contributed by atoms with Crippen LogP contribution >= 0.6 is 0 Å². The lowest BCUT2D eigenvalue weighted by Gasteiger charge is -2.13. The third-order valence-corrected chi connectivity index (χ3v) is 3.58. The molecule has 0 unspecified atom stereocenters. The zero-order valence-electron chi connectivity index (χ0n) is 11.2. The second-order valence-corrected chi connectivity index (χ2v) is 5.10. The normalized spacial score (nSPS) is 15.2. The zero-order valence-corrected chi connectivity index (χ0v) is 11.2. The van der Waals surface area contributed by atoms with Gasteiger partial charge in [0.15, 0.2) is 0 Å². The summed E-state index contributed by atoms with van der Waals surface area (Å²) >= 11 is 0. The molecule has 3 N–H and O–H groups in total. The number of amides is 2. The average molecular weight is 270 g/mol. The summed E-state index contributed by atoms with van der Waals surface area (Å²) in [5, 5.41) is 5.89. The van der Waals surface area contributed by atoms with E-state index in [2.05, 4.69) is 20.6 Å². The standard InChI is InChI=1S/C15H18N4O/c20-15(18-12-5-1-2-6-12)19-13-7-3-4-11(10-13)14-16-8-9-17-14/h3-4,7-10,12H,1-2,5-6H2,(H,16,17)(H2,18,19,20). The van der Waals surface area contributed by atoms with Crippen molar-refractivity contribution in [2.75, 3.05) is 5.32 Å². The molecule has 1 aromatic heterocycles. The number of benzene rings is 1. The number of H-pyrrole nitrogens is 1. The number of hydrogen-bond donors (Lipinski definition) is 3. The van der Waals surface area contributed by atoms with E-state index >= 15 is 0 Å². The Morgan fingerprint density at radius 1 is 1.30 bits per heavy atom. The largest absolute Gasteiger partial charge is 0.345 e. The molecule has 0 spiro atoms. The Morgan fingerprint density at radius 3 is 2.90 bits per heavy atom. The maximum atomic E-state index is 11.9. The van der Waals surface area contributed by atoms with Crippen LogP contribution in [0, 0.1) is 0 Å². The third kappa shape index (κ3) is 2.99. The molecule has 2 aromatic rings. The first-order valence-electron chi connectivity index (χ1n) is 6.98. The van der Waals surface area contributed by atoms with Crippen molar-refractivity contribution in [3.05, 3.63) is 36.7 Å². The number of rotatable bonds is 3. The summed E-state index contributed by atoms with van der Waals surface area (Å²) < 4.78 is 0. The molecule has 5 heteroatoms. The minimum atomic E-state index is -0.131. The molecule has 1 aliphatic carbocycles. The van der Waals surface area contributed by atoms with Crippen LogP contribution < -0.4 is 10.6 Å². The maximum absolute atomic E-state index is 11.9. The molecule has 2 amide bonds. The van der Waals surface area contributed by atoms with E-state index in [1.165, 1.54) is 12.8 Å². The second kappa shape index (κ2) is 5.77. The number of aromatic amines is 1. The van der Waals surface area contributed by atoms with E-state index in [1.54, 1.807) is 12.4 Å². The van der Waals surface area contributed by atoms with Crippen LogP contribution in [-0.2, 0) is 0 Å². The summed E-state index contributed by atoms with van der Waals surface area (Å²) in [5.41, 5.74) is 1.73. The number of urea groups is 1. The van der Waals surface area contributed by atoms with Gasteiger partial charge in [-0.25, -0.2) is 9.78 Å². The lowest BCUT2D eigenvalue weighted by Crippen LogP contribution is -2.36. The minimum absolute atomic E-state index is 0.131. The van der Waals surface area contributed by atoms with Gasteiger partial charge in [0, 0.05) is 29.7 Å². The van der Waals surface area contributed by atoms with Crippen molar-refractivity contribution in [2.45, 2.75) is 31.7 Å². The predicted molar refractivity (Wildman–Crippen MR) is 78.4 cm³/mol. The number of carbonyl (C=O) groups is 1. The molecule has 1 saturated carbocycles. The van der Waals surface area contributed by atoms with Crippen LogP contribution in [0.15, 0.2) is 36.7 Å². The van der Waals surface area contributed by atoms with Gasteiger partial charge in [-0.1, -0.05) is 25.0 Å². The first kappa shape index (κ1) is 12.7. The molecule has 0 bridgehead atoms. The predicted octanol–water partition coefficient (Wildman–Crippen LogP) is 3.14. The van der Waals surface area contributed by atoms with E-state index in [-0.39, 0.29) is 6.03 Å². The first-order valence-corrected chi connectivity index (χ1v) is 6.98. The minimum Gasteiger partial charge on any atom is -0.345 e. The topological polar surface area (TPSA) is 69.8 Å². The van der Waals surface area contributed by atoms with Crippen LogP contribution in [0.3, 0.4) is 0 Å². The van der Waals surface area contributed by atoms with E-state index < -0.39 is 0 Å².